The molecule has 0 spiro atoms. The zero-order valence-corrected chi connectivity index (χ0v) is 43.2. The van der Waals surface area contributed by atoms with E-state index >= 15 is 0 Å². The van der Waals surface area contributed by atoms with E-state index in [0.29, 0.717) is 25.9 Å². The Hall–Kier alpha value is -3.16. The van der Waals surface area contributed by atoms with Gasteiger partial charge in [-0.2, -0.15) is 0 Å². The molecule has 396 valence electrons. The monoisotopic (exact) mass is 970 g/mol. The maximum absolute atomic E-state index is 13.0. The first-order valence-corrected chi connectivity index (χ1v) is 27.4. The van der Waals surface area contributed by atoms with E-state index in [1.54, 1.807) is 6.08 Å². The van der Waals surface area contributed by atoms with Gasteiger partial charge in [0.25, 0.3) is 0 Å². The minimum absolute atomic E-state index is 0.0572. The van der Waals surface area contributed by atoms with Crippen molar-refractivity contribution in [2.45, 2.75) is 249 Å². The van der Waals surface area contributed by atoms with Crippen LogP contribution in [0.2, 0.25) is 0 Å². The minimum atomic E-state index is -1.60. The van der Waals surface area contributed by atoms with E-state index in [2.05, 4.69) is 79.9 Å². The van der Waals surface area contributed by atoms with Crippen LogP contribution in [0, 0.1) is 0 Å². The molecular formula is C58H99NO10. The molecule has 69 heavy (non-hydrogen) atoms. The first-order valence-electron chi connectivity index (χ1n) is 27.4. The van der Waals surface area contributed by atoms with Crippen LogP contribution < -0.4 is 5.32 Å². The van der Waals surface area contributed by atoms with Crippen LogP contribution in [0.1, 0.15) is 206 Å². The van der Waals surface area contributed by atoms with Crippen molar-refractivity contribution in [3.8, 4) is 0 Å². The predicted octanol–water partition coefficient (Wildman–Crippen LogP) is 11.8. The standard InChI is InChI=1S/C58H99NO10/c1-3-5-7-9-11-13-15-17-20-24-28-32-36-40-44-51(61)50(49-68-58-57(66)56(65)55(64)52(48-60)69-58)59-53(62)45-41-37-33-29-25-21-19-23-27-31-35-39-43-47-67-54(63)46-42-38-34-30-26-22-18-16-14-12-10-8-6-4-2/h10,12-13,15-16,18,21,24-25,28,33,37,40,44,50-52,55-58,60-61,64-66H,3-9,11,14,17,19-20,22-23,26-27,29-32,34-36,38-39,41-43,45-49H2,1-2H3,(H,59,62)/b12-10-,15-13+,18-16-,25-21-,28-24+,37-33-,44-40+. The van der Waals surface area contributed by atoms with E-state index < -0.39 is 49.5 Å². The van der Waals surface area contributed by atoms with Gasteiger partial charge in [-0.25, -0.2) is 0 Å². The highest BCUT2D eigenvalue weighted by atomic mass is 16.7. The number of amides is 1. The number of carbonyl (C=O) groups is 2. The minimum Gasteiger partial charge on any atom is -0.466 e. The fourth-order valence-electron chi connectivity index (χ4n) is 7.76. The third-order valence-corrected chi connectivity index (χ3v) is 12.2. The van der Waals surface area contributed by atoms with Gasteiger partial charge >= 0.3 is 5.97 Å². The van der Waals surface area contributed by atoms with Crippen LogP contribution in [0.3, 0.4) is 0 Å². The Morgan fingerprint density at radius 2 is 1.01 bits per heavy atom. The highest BCUT2D eigenvalue weighted by Crippen LogP contribution is 2.22. The SMILES string of the molecule is CCCC/C=C\C/C=C\CCCCCCCC(=O)OCCCCCCCC/C=C\C/C=C\CCC(=O)NC(COC1OC(CO)C(O)C(O)C1O)C(O)/C=C/CC/C=C/CC/C=C/CCCCCC. The Balaban J connectivity index is 2.25. The smallest absolute Gasteiger partial charge is 0.305 e. The lowest BCUT2D eigenvalue weighted by Crippen LogP contribution is -2.60. The number of unbranched alkanes of at least 4 members (excludes halogenated alkanes) is 19. The quantitative estimate of drug-likeness (QED) is 0.0196. The average Bonchev–Trinajstić information content (AvgIpc) is 3.34. The molecule has 11 nitrogen and oxygen atoms in total. The number of esters is 1. The molecule has 1 heterocycles. The summed E-state index contributed by atoms with van der Waals surface area (Å²) < 4.78 is 16.6. The molecule has 7 atom stereocenters. The van der Waals surface area contributed by atoms with Gasteiger partial charge in [-0.15, -0.1) is 0 Å². The second-order valence-electron chi connectivity index (χ2n) is 18.5. The van der Waals surface area contributed by atoms with Crippen LogP contribution in [0.5, 0.6) is 0 Å². The molecule has 0 aromatic carbocycles. The number of ether oxygens (including phenoxy) is 3. The molecule has 1 rings (SSSR count). The first-order chi connectivity index (χ1) is 33.7. The van der Waals surface area contributed by atoms with Crippen LogP contribution in [0.4, 0.5) is 0 Å². The Labute approximate surface area is 419 Å². The van der Waals surface area contributed by atoms with Crippen molar-refractivity contribution in [3.63, 3.8) is 0 Å². The van der Waals surface area contributed by atoms with E-state index in [-0.39, 0.29) is 24.9 Å². The van der Waals surface area contributed by atoms with Crippen LogP contribution in [-0.2, 0) is 23.8 Å². The zero-order valence-electron chi connectivity index (χ0n) is 43.2. The Morgan fingerprint density at radius 3 is 1.59 bits per heavy atom. The van der Waals surface area contributed by atoms with Crippen molar-refractivity contribution in [2.24, 2.45) is 0 Å². The summed E-state index contributed by atoms with van der Waals surface area (Å²) in [6.07, 6.45) is 52.4. The molecule has 1 fully saturated rings. The van der Waals surface area contributed by atoms with Gasteiger partial charge in [0, 0.05) is 12.8 Å². The summed E-state index contributed by atoms with van der Waals surface area (Å²) in [6.45, 7) is 4.13. The predicted molar refractivity (Wildman–Crippen MR) is 282 cm³/mol. The lowest BCUT2D eigenvalue weighted by Gasteiger charge is -2.40. The number of hydrogen-bond donors (Lipinski definition) is 6. The lowest BCUT2D eigenvalue weighted by atomic mass is 9.99. The summed E-state index contributed by atoms with van der Waals surface area (Å²) >= 11 is 0. The molecule has 0 aromatic heterocycles. The third kappa shape index (κ3) is 37.3. The van der Waals surface area contributed by atoms with Crippen molar-refractivity contribution in [1.29, 1.82) is 0 Å². The normalized spacial score (nSPS) is 20.0. The number of hydrogen-bond acceptors (Lipinski definition) is 10. The molecule has 0 saturated carbocycles. The Kier molecular flexibility index (Phi) is 43.7. The fourth-order valence-corrected chi connectivity index (χ4v) is 7.76. The van der Waals surface area contributed by atoms with Crippen molar-refractivity contribution in [2.75, 3.05) is 19.8 Å². The maximum Gasteiger partial charge on any atom is 0.305 e. The molecule has 1 aliphatic heterocycles. The highest BCUT2D eigenvalue weighted by molar-refractivity contribution is 5.76. The molecular weight excluding hydrogens is 871 g/mol. The largest absolute Gasteiger partial charge is 0.466 e. The molecule has 0 radical (unpaired) electrons. The van der Waals surface area contributed by atoms with Crippen molar-refractivity contribution < 1.29 is 49.3 Å². The average molecular weight is 970 g/mol. The molecule has 11 heteroatoms. The number of carbonyl (C=O) groups excluding carboxylic acids is 2. The van der Waals surface area contributed by atoms with E-state index in [4.69, 9.17) is 14.2 Å². The van der Waals surface area contributed by atoms with Crippen LogP contribution in [0.25, 0.3) is 0 Å². The molecule has 1 saturated heterocycles. The van der Waals surface area contributed by atoms with E-state index in [1.165, 1.54) is 77.0 Å². The van der Waals surface area contributed by atoms with Crippen LogP contribution in [0.15, 0.2) is 85.1 Å². The summed E-state index contributed by atoms with van der Waals surface area (Å²) in [5.41, 5.74) is 0. The summed E-state index contributed by atoms with van der Waals surface area (Å²) in [5.74, 6) is -0.338. The van der Waals surface area contributed by atoms with Crippen LogP contribution >= 0.6 is 0 Å². The number of allylic oxidation sites excluding steroid dienone is 13. The maximum atomic E-state index is 13.0. The fraction of sp³-hybridized carbons (Fsp3) is 0.724. The molecule has 0 aliphatic carbocycles. The second-order valence-corrected chi connectivity index (χ2v) is 18.5. The molecule has 1 aliphatic rings. The summed E-state index contributed by atoms with van der Waals surface area (Å²) in [5, 5.41) is 54.2. The number of aliphatic hydroxyl groups excluding tert-OH is 5. The second kappa shape index (κ2) is 47.2. The van der Waals surface area contributed by atoms with Crippen molar-refractivity contribution in [3.05, 3.63) is 85.1 Å². The summed E-state index contributed by atoms with van der Waals surface area (Å²) in [4.78, 5) is 25.0. The summed E-state index contributed by atoms with van der Waals surface area (Å²) in [6, 6.07) is -0.881. The Bertz CT molecular complexity index is 1420. The molecule has 6 N–H and O–H groups in total. The van der Waals surface area contributed by atoms with Gasteiger partial charge < -0.3 is 45.1 Å². The van der Waals surface area contributed by atoms with Gasteiger partial charge in [0.2, 0.25) is 5.91 Å². The number of rotatable bonds is 45. The van der Waals surface area contributed by atoms with Crippen LogP contribution in [-0.4, -0.2) is 100 Å². The van der Waals surface area contributed by atoms with E-state index in [9.17, 15) is 35.1 Å². The highest BCUT2D eigenvalue weighted by Gasteiger charge is 2.44. The van der Waals surface area contributed by atoms with Gasteiger partial charge in [0.1, 0.15) is 24.4 Å². The van der Waals surface area contributed by atoms with Gasteiger partial charge in [0.05, 0.1) is 32.0 Å². The Morgan fingerprint density at radius 1 is 0.536 bits per heavy atom. The third-order valence-electron chi connectivity index (χ3n) is 12.2. The number of nitrogens with one attached hydrogen (secondary N) is 1. The van der Waals surface area contributed by atoms with Crippen molar-refractivity contribution in [1.82, 2.24) is 5.32 Å². The van der Waals surface area contributed by atoms with Gasteiger partial charge in [-0.1, -0.05) is 176 Å². The zero-order chi connectivity index (χ0) is 50.3. The van der Waals surface area contributed by atoms with Gasteiger partial charge in [-0.3, -0.25) is 9.59 Å². The molecule has 0 bridgehead atoms. The molecule has 1 amide bonds. The number of aliphatic hydroxyl groups is 5. The summed E-state index contributed by atoms with van der Waals surface area (Å²) in [7, 11) is 0. The van der Waals surface area contributed by atoms with Crippen molar-refractivity contribution >= 4 is 11.9 Å². The first kappa shape index (κ1) is 63.9. The molecule has 0 aromatic rings. The lowest BCUT2D eigenvalue weighted by molar-refractivity contribution is -0.302. The van der Waals surface area contributed by atoms with E-state index in [1.807, 2.05) is 18.2 Å². The van der Waals surface area contributed by atoms with Gasteiger partial charge in [0.15, 0.2) is 6.29 Å². The van der Waals surface area contributed by atoms with Gasteiger partial charge in [-0.05, 0) is 103 Å². The van der Waals surface area contributed by atoms with E-state index in [0.717, 1.165) is 89.9 Å². The topological polar surface area (TPSA) is 175 Å². The molecule has 7 unspecified atom stereocenters.